The average Bonchev–Trinajstić information content (AvgIpc) is 3.59. The van der Waals surface area contributed by atoms with Crippen LogP contribution >= 0.6 is 0 Å². The van der Waals surface area contributed by atoms with Crippen molar-refractivity contribution >= 4 is 17.6 Å². The standard InChI is InChI=1S/C27H30FN5O4/c28-21-8-6-20(7-9-21)23-10-11-25(30-29-23)31-12-3-13-32(15-14-31)26(34)19-33(18-22-4-1-16-36-22)27(35)24-5-2-17-37-24/h2,5-11,17,22H,1,3-4,12-16,18-19H2. The van der Waals surface area contributed by atoms with Gasteiger partial charge in [-0.15, -0.1) is 10.2 Å². The highest BCUT2D eigenvalue weighted by Crippen LogP contribution is 2.20. The molecule has 2 aromatic heterocycles. The molecule has 3 aromatic rings. The van der Waals surface area contributed by atoms with E-state index in [1.54, 1.807) is 34.1 Å². The number of rotatable bonds is 7. The van der Waals surface area contributed by atoms with Crippen molar-refractivity contribution < 1.29 is 23.1 Å². The highest BCUT2D eigenvalue weighted by Gasteiger charge is 2.29. The van der Waals surface area contributed by atoms with Crippen LogP contribution in [0, 0.1) is 5.82 Å². The van der Waals surface area contributed by atoms with Gasteiger partial charge < -0.3 is 23.9 Å². The molecule has 10 heteroatoms. The van der Waals surface area contributed by atoms with Crippen LogP contribution in [0.5, 0.6) is 0 Å². The Morgan fingerprint density at radius 2 is 1.86 bits per heavy atom. The summed E-state index contributed by atoms with van der Waals surface area (Å²) in [4.78, 5) is 31.7. The number of halogens is 1. The first-order valence-electron chi connectivity index (χ1n) is 12.6. The van der Waals surface area contributed by atoms with Gasteiger partial charge in [-0.1, -0.05) is 0 Å². The Balaban J connectivity index is 1.20. The molecule has 0 bridgehead atoms. The minimum atomic E-state index is -0.304. The average molecular weight is 508 g/mol. The molecule has 2 saturated heterocycles. The van der Waals surface area contributed by atoms with Crippen molar-refractivity contribution in [1.82, 2.24) is 20.0 Å². The number of ether oxygens (including phenoxy) is 1. The summed E-state index contributed by atoms with van der Waals surface area (Å²) in [7, 11) is 0. The molecule has 4 heterocycles. The number of carbonyl (C=O) groups excluding carboxylic acids is 2. The van der Waals surface area contributed by atoms with Crippen molar-refractivity contribution in [1.29, 1.82) is 0 Å². The molecular weight excluding hydrogens is 477 g/mol. The van der Waals surface area contributed by atoms with Crippen LogP contribution in [0.15, 0.2) is 59.2 Å². The predicted molar refractivity (Wildman–Crippen MR) is 134 cm³/mol. The van der Waals surface area contributed by atoms with E-state index in [1.807, 2.05) is 12.1 Å². The second-order valence-corrected chi connectivity index (χ2v) is 9.30. The van der Waals surface area contributed by atoms with Crippen LogP contribution in [0.4, 0.5) is 10.2 Å². The second-order valence-electron chi connectivity index (χ2n) is 9.30. The van der Waals surface area contributed by atoms with Crippen molar-refractivity contribution in [3.63, 3.8) is 0 Å². The molecule has 0 N–H and O–H groups in total. The van der Waals surface area contributed by atoms with Crippen molar-refractivity contribution in [3.05, 3.63) is 66.4 Å². The van der Waals surface area contributed by atoms with E-state index in [4.69, 9.17) is 9.15 Å². The van der Waals surface area contributed by atoms with E-state index in [0.717, 1.165) is 37.2 Å². The van der Waals surface area contributed by atoms with Crippen LogP contribution in [0.1, 0.15) is 29.8 Å². The number of hydrogen-bond acceptors (Lipinski definition) is 7. The topological polar surface area (TPSA) is 92.0 Å². The first-order valence-corrected chi connectivity index (χ1v) is 12.6. The minimum absolute atomic E-state index is 0.0223. The number of amides is 2. The molecule has 1 aromatic carbocycles. The molecule has 2 aliphatic rings. The van der Waals surface area contributed by atoms with E-state index < -0.39 is 0 Å². The predicted octanol–water partition coefficient (Wildman–Crippen LogP) is 3.24. The summed E-state index contributed by atoms with van der Waals surface area (Å²) in [5.74, 6) is 0.250. The number of carbonyl (C=O) groups is 2. The van der Waals surface area contributed by atoms with E-state index in [0.29, 0.717) is 38.5 Å². The van der Waals surface area contributed by atoms with Gasteiger partial charge in [0, 0.05) is 44.9 Å². The molecule has 0 spiro atoms. The first-order chi connectivity index (χ1) is 18.1. The summed E-state index contributed by atoms with van der Waals surface area (Å²) < 4.78 is 24.2. The van der Waals surface area contributed by atoms with Crippen molar-refractivity contribution in [2.75, 3.05) is 50.8 Å². The largest absolute Gasteiger partial charge is 0.459 e. The molecule has 0 aliphatic carbocycles. The lowest BCUT2D eigenvalue weighted by Crippen LogP contribution is -2.46. The molecule has 5 rings (SSSR count). The summed E-state index contributed by atoms with van der Waals surface area (Å²) in [6.07, 6.45) is 3.98. The van der Waals surface area contributed by atoms with E-state index in [-0.39, 0.29) is 36.0 Å². The Morgan fingerprint density at radius 3 is 2.57 bits per heavy atom. The highest BCUT2D eigenvalue weighted by atomic mass is 19.1. The van der Waals surface area contributed by atoms with Gasteiger partial charge in [0.2, 0.25) is 5.91 Å². The number of benzene rings is 1. The number of furan rings is 1. The van der Waals surface area contributed by atoms with Gasteiger partial charge in [-0.05, 0) is 67.8 Å². The van der Waals surface area contributed by atoms with Crippen LogP contribution in [-0.4, -0.2) is 83.8 Å². The maximum absolute atomic E-state index is 13.3. The van der Waals surface area contributed by atoms with Crippen molar-refractivity contribution in [3.8, 4) is 11.3 Å². The number of nitrogens with zero attached hydrogens (tertiary/aromatic N) is 5. The van der Waals surface area contributed by atoms with Crippen LogP contribution in [0.3, 0.4) is 0 Å². The lowest BCUT2D eigenvalue weighted by Gasteiger charge is -2.28. The fourth-order valence-electron chi connectivity index (χ4n) is 4.74. The van der Waals surface area contributed by atoms with Gasteiger partial charge in [-0.3, -0.25) is 9.59 Å². The third-order valence-electron chi connectivity index (χ3n) is 6.76. The molecule has 0 saturated carbocycles. The number of anilines is 1. The quantitative estimate of drug-likeness (QED) is 0.485. The zero-order valence-corrected chi connectivity index (χ0v) is 20.6. The van der Waals surface area contributed by atoms with Gasteiger partial charge >= 0.3 is 0 Å². The van der Waals surface area contributed by atoms with E-state index >= 15 is 0 Å². The van der Waals surface area contributed by atoms with Crippen molar-refractivity contribution in [2.24, 2.45) is 0 Å². The Hall–Kier alpha value is -3.79. The van der Waals surface area contributed by atoms with E-state index in [1.165, 1.54) is 18.4 Å². The molecule has 2 fully saturated rings. The Kier molecular flexibility index (Phi) is 7.74. The molecule has 1 unspecified atom stereocenters. The normalized spacial score (nSPS) is 18.0. The molecule has 2 amide bonds. The Morgan fingerprint density at radius 1 is 1.00 bits per heavy atom. The summed E-state index contributed by atoms with van der Waals surface area (Å²) in [6, 6.07) is 13.2. The van der Waals surface area contributed by atoms with Crippen LogP contribution in [0.2, 0.25) is 0 Å². The molecule has 9 nitrogen and oxygen atoms in total. The molecular formula is C27H30FN5O4. The second kappa shape index (κ2) is 11.5. The Bertz CT molecular complexity index is 1180. The van der Waals surface area contributed by atoms with Gasteiger partial charge in [0.25, 0.3) is 5.91 Å². The van der Waals surface area contributed by atoms with Crippen LogP contribution in [-0.2, 0) is 9.53 Å². The fraction of sp³-hybridized carbons (Fsp3) is 0.407. The minimum Gasteiger partial charge on any atom is -0.459 e. The third kappa shape index (κ3) is 6.14. The monoisotopic (exact) mass is 507 g/mol. The van der Waals surface area contributed by atoms with E-state index in [2.05, 4.69) is 15.1 Å². The summed E-state index contributed by atoms with van der Waals surface area (Å²) in [6.45, 7) is 3.47. The summed E-state index contributed by atoms with van der Waals surface area (Å²) >= 11 is 0. The van der Waals surface area contributed by atoms with Gasteiger partial charge in [0.15, 0.2) is 11.6 Å². The molecule has 37 heavy (non-hydrogen) atoms. The van der Waals surface area contributed by atoms with Gasteiger partial charge in [-0.2, -0.15) is 0 Å². The first kappa shape index (κ1) is 24.9. The van der Waals surface area contributed by atoms with Crippen LogP contribution < -0.4 is 4.90 Å². The molecule has 2 aliphatic heterocycles. The van der Waals surface area contributed by atoms with Gasteiger partial charge in [0.05, 0.1) is 18.1 Å². The van der Waals surface area contributed by atoms with E-state index in [9.17, 15) is 14.0 Å². The number of aromatic nitrogens is 2. The zero-order chi connectivity index (χ0) is 25.6. The maximum Gasteiger partial charge on any atom is 0.290 e. The highest BCUT2D eigenvalue weighted by molar-refractivity contribution is 5.94. The number of hydrogen-bond donors (Lipinski definition) is 0. The van der Waals surface area contributed by atoms with Gasteiger partial charge in [0.1, 0.15) is 12.4 Å². The smallest absolute Gasteiger partial charge is 0.290 e. The summed E-state index contributed by atoms with van der Waals surface area (Å²) in [5.41, 5.74) is 1.47. The lowest BCUT2D eigenvalue weighted by molar-refractivity contribution is -0.132. The third-order valence-corrected chi connectivity index (χ3v) is 6.76. The molecule has 1 atom stereocenters. The zero-order valence-electron chi connectivity index (χ0n) is 20.6. The Labute approximate surface area is 214 Å². The van der Waals surface area contributed by atoms with Gasteiger partial charge in [-0.25, -0.2) is 4.39 Å². The molecule has 194 valence electrons. The maximum atomic E-state index is 13.3. The molecule has 0 radical (unpaired) electrons. The van der Waals surface area contributed by atoms with Crippen molar-refractivity contribution in [2.45, 2.75) is 25.4 Å². The lowest BCUT2D eigenvalue weighted by atomic mass is 10.1. The SMILES string of the molecule is O=C(CN(CC1CCCO1)C(=O)c1ccco1)N1CCCN(c2ccc(-c3ccc(F)cc3)nn2)CC1. The fourth-order valence-corrected chi connectivity index (χ4v) is 4.74. The van der Waals surface area contributed by atoms with Crippen LogP contribution in [0.25, 0.3) is 11.3 Å². The summed E-state index contributed by atoms with van der Waals surface area (Å²) in [5, 5.41) is 8.68.